The number of aliphatic hydroxyl groups excluding tert-OH is 1. The Morgan fingerprint density at radius 1 is 1.40 bits per heavy atom. The first-order valence-electron chi connectivity index (χ1n) is 7.37. The summed E-state index contributed by atoms with van der Waals surface area (Å²) in [6.07, 6.45) is 2.49. The minimum Gasteiger partial charge on any atom is -0.496 e. The van der Waals surface area contributed by atoms with E-state index in [2.05, 4.69) is 24.2 Å². The molecule has 0 aliphatic carbocycles. The first kappa shape index (κ1) is 15.1. The van der Waals surface area contributed by atoms with Crippen molar-refractivity contribution < 1.29 is 9.84 Å². The lowest BCUT2D eigenvalue weighted by Crippen LogP contribution is -2.37. The van der Waals surface area contributed by atoms with Crippen LogP contribution in [-0.2, 0) is 6.61 Å². The lowest BCUT2D eigenvalue weighted by Gasteiger charge is -2.33. The van der Waals surface area contributed by atoms with Crippen LogP contribution in [0.25, 0.3) is 0 Å². The predicted molar refractivity (Wildman–Crippen MR) is 82.2 cm³/mol. The highest BCUT2D eigenvalue weighted by Crippen LogP contribution is 2.26. The molecule has 1 aromatic rings. The molecule has 0 amide bonds. The highest BCUT2D eigenvalue weighted by atomic mass is 16.5. The van der Waals surface area contributed by atoms with E-state index < -0.39 is 0 Å². The van der Waals surface area contributed by atoms with Crippen LogP contribution < -0.4 is 10.1 Å². The van der Waals surface area contributed by atoms with Gasteiger partial charge in [-0.05, 0) is 64.0 Å². The van der Waals surface area contributed by atoms with Crippen molar-refractivity contribution >= 4 is 5.69 Å². The van der Waals surface area contributed by atoms with E-state index in [-0.39, 0.29) is 6.61 Å². The number of hydrogen-bond donors (Lipinski definition) is 2. The molecule has 1 aromatic carbocycles. The monoisotopic (exact) mass is 278 g/mol. The quantitative estimate of drug-likeness (QED) is 0.867. The number of hydrogen-bond acceptors (Lipinski definition) is 4. The summed E-state index contributed by atoms with van der Waals surface area (Å²) in [5.41, 5.74) is 1.88. The van der Waals surface area contributed by atoms with Crippen LogP contribution in [-0.4, -0.2) is 43.3 Å². The van der Waals surface area contributed by atoms with Crippen LogP contribution in [0.2, 0.25) is 0 Å². The molecular formula is C16H26N2O2. The van der Waals surface area contributed by atoms with Crippen molar-refractivity contribution in [2.24, 2.45) is 5.92 Å². The molecule has 1 fully saturated rings. The SMILES string of the molecule is COc1ccc(NC(C)C2CCN(C)CC2)cc1CO. The van der Waals surface area contributed by atoms with Crippen LogP contribution in [0.1, 0.15) is 25.3 Å². The van der Waals surface area contributed by atoms with Crippen molar-refractivity contribution in [2.45, 2.75) is 32.4 Å². The molecular weight excluding hydrogens is 252 g/mol. The van der Waals surface area contributed by atoms with Crippen molar-refractivity contribution in [1.82, 2.24) is 4.90 Å². The van der Waals surface area contributed by atoms with E-state index in [4.69, 9.17) is 4.74 Å². The molecule has 2 rings (SSSR count). The third-order valence-electron chi connectivity index (χ3n) is 4.32. The van der Waals surface area contributed by atoms with E-state index in [9.17, 15) is 5.11 Å². The standard InChI is InChI=1S/C16H26N2O2/c1-12(13-6-8-18(2)9-7-13)17-15-4-5-16(20-3)14(10-15)11-19/h4-5,10,12-13,17,19H,6-9,11H2,1-3H3. The number of likely N-dealkylation sites (tertiary alicyclic amines) is 1. The van der Waals surface area contributed by atoms with E-state index in [1.54, 1.807) is 7.11 Å². The van der Waals surface area contributed by atoms with Gasteiger partial charge in [-0.15, -0.1) is 0 Å². The Labute approximate surface area is 121 Å². The maximum absolute atomic E-state index is 9.37. The van der Waals surface area contributed by atoms with Gasteiger partial charge < -0.3 is 20.1 Å². The molecule has 0 aromatic heterocycles. The van der Waals surface area contributed by atoms with Gasteiger partial charge in [0.1, 0.15) is 5.75 Å². The number of methoxy groups -OCH3 is 1. The Bertz CT molecular complexity index is 428. The molecule has 1 aliphatic heterocycles. The number of ether oxygens (including phenoxy) is 1. The summed E-state index contributed by atoms with van der Waals surface area (Å²) in [6, 6.07) is 6.35. The van der Waals surface area contributed by atoms with Gasteiger partial charge in [0.15, 0.2) is 0 Å². The highest BCUT2D eigenvalue weighted by molar-refractivity contribution is 5.51. The molecule has 1 heterocycles. The molecule has 0 saturated carbocycles. The fraction of sp³-hybridized carbons (Fsp3) is 0.625. The van der Waals surface area contributed by atoms with Crippen LogP contribution in [0.4, 0.5) is 5.69 Å². The molecule has 0 bridgehead atoms. The average Bonchev–Trinajstić information content (AvgIpc) is 2.47. The normalized spacial score (nSPS) is 18.8. The first-order chi connectivity index (χ1) is 9.63. The van der Waals surface area contributed by atoms with Gasteiger partial charge in [-0.2, -0.15) is 0 Å². The second kappa shape index (κ2) is 6.95. The van der Waals surface area contributed by atoms with Crippen molar-refractivity contribution in [3.8, 4) is 5.75 Å². The number of rotatable bonds is 5. The van der Waals surface area contributed by atoms with Crippen LogP contribution >= 0.6 is 0 Å². The molecule has 0 radical (unpaired) electrons. The van der Waals surface area contributed by atoms with Crippen molar-refractivity contribution in [1.29, 1.82) is 0 Å². The van der Waals surface area contributed by atoms with Gasteiger partial charge in [0.25, 0.3) is 0 Å². The summed E-state index contributed by atoms with van der Waals surface area (Å²) in [5.74, 6) is 1.45. The van der Waals surface area contributed by atoms with Crippen LogP contribution in [0.5, 0.6) is 5.75 Å². The van der Waals surface area contributed by atoms with Crippen LogP contribution in [0.15, 0.2) is 18.2 Å². The first-order valence-corrected chi connectivity index (χ1v) is 7.37. The Kier molecular flexibility index (Phi) is 5.26. The zero-order valence-electron chi connectivity index (χ0n) is 12.7. The summed E-state index contributed by atoms with van der Waals surface area (Å²) < 4.78 is 5.23. The van der Waals surface area contributed by atoms with Gasteiger partial charge in [-0.25, -0.2) is 0 Å². The zero-order valence-corrected chi connectivity index (χ0v) is 12.7. The summed E-state index contributed by atoms with van der Waals surface area (Å²) in [7, 11) is 3.81. The summed E-state index contributed by atoms with van der Waals surface area (Å²) in [5, 5.41) is 12.9. The predicted octanol–water partition coefficient (Wildman–Crippen LogP) is 2.33. The summed E-state index contributed by atoms with van der Waals surface area (Å²) in [6.45, 7) is 4.61. The number of nitrogens with one attached hydrogen (secondary N) is 1. The highest BCUT2D eigenvalue weighted by Gasteiger charge is 2.22. The molecule has 1 atom stereocenters. The fourth-order valence-electron chi connectivity index (χ4n) is 2.90. The maximum Gasteiger partial charge on any atom is 0.124 e. The molecule has 4 heteroatoms. The Morgan fingerprint density at radius 3 is 2.70 bits per heavy atom. The van der Waals surface area contributed by atoms with E-state index in [0.717, 1.165) is 17.0 Å². The van der Waals surface area contributed by atoms with Gasteiger partial charge in [0.2, 0.25) is 0 Å². The van der Waals surface area contributed by atoms with Gasteiger partial charge in [0.05, 0.1) is 13.7 Å². The topological polar surface area (TPSA) is 44.7 Å². The maximum atomic E-state index is 9.37. The molecule has 4 nitrogen and oxygen atoms in total. The van der Waals surface area contributed by atoms with Crippen molar-refractivity contribution in [2.75, 3.05) is 32.6 Å². The lowest BCUT2D eigenvalue weighted by atomic mass is 9.90. The molecule has 1 unspecified atom stereocenters. The Balaban J connectivity index is 1.98. The average molecular weight is 278 g/mol. The van der Waals surface area contributed by atoms with Crippen molar-refractivity contribution in [3.05, 3.63) is 23.8 Å². The second-order valence-corrected chi connectivity index (χ2v) is 5.76. The van der Waals surface area contributed by atoms with Crippen LogP contribution in [0.3, 0.4) is 0 Å². The molecule has 2 N–H and O–H groups in total. The number of piperidine rings is 1. The largest absolute Gasteiger partial charge is 0.496 e. The second-order valence-electron chi connectivity index (χ2n) is 5.76. The summed E-state index contributed by atoms with van der Waals surface area (Å²) >= 11 is 0. The number of benzene rings is 1. The molecule has 1 aliphatic rings. The van der Waals surface area contributed by atoms with Gasteiger partial charge in [-0.1, -0.05) is 0 Å². The third kappa shape index (κ3) is 3.64. The third-order valence-corrected chi connectivity index (χ3v) is 4.32. The molecule has 0 spiro atoms. The van der Waals surface area contributed by atoms with Gasteiger partial charge in [-0.3, -0.25) is 0 Å². The lowest BCUT2D eigenvalue weighted by molar-refractivity contribution is 0.208. The minimum atomic E-state index is 0.00129. The number of nitrogens with zero attached hydrogens (tertiary/aromatic N) is 1. The fourth-order valence-corrected chi connectivity index (χ4v) is 2.90. The van der Waals surface area contributed by atoms with Crippen molar-refractivity contribution in [3.63, 3.8) is 0 Å². The summed E-state index contributed by atoms with van der Waals surface area (Å²) in [4.78, 5) is 2.39. The van der Waals surface area contributed by atoms with Gasteiger partial charge >= 0.3 is 0 Å². The number of anilines is 1. The molecule has 112 valence electrons. The van der Waals surface area contributed by atoms with Gasteiger partial charge in [0, 0.05) is 17.3 Å². The molecule has 1 saturated heterocycles. The molecule has 20 heavy (non-hydrogen) atoms. The zero-order chi connectivity index (χ0) is 14.5. The Hall–Kier alpha value is -1.26. The van der Waals surface area contributed by atoms with E-state index in [1.165, 1.54) is 25.9 Å². The smallest absolute Gasteiger partial charge is 0.124 e. The number of aliphatic hydroxyl groups is 1. The Morgan fingerprint density at radius 2 is 2.10 bits per heavy atom. The van der Waals surface area contributed by atoms with E-state index in [1.807, 2.05) is 18.2 Å². The van der Waals surface area contributed by atoms with E-state index >= 15 is 0 Å². The van der Waals surface area contributed by atoms with E-state index in [0.29, 0.717) is 12.0 Å². The van der Waals surface area contributed by atoms with Crippen LogP contribution in [0, 0.1) is 5.92 Å². The minimum absolute atomic E-state index is 0.00129.